The fourth-order valence-corrected chi connectivity index (χ4v) is 3.76. The summed E-state index contributed by atoms with van der Waals surface area (Å²) in [7, 11) is 1.59. The van der Waals surface area contributed by atoms with Crippen molar-refractivity contribution in [1.29, 1.82) is 0 Å². The monoisotopic (exact) mass is 385 g/mol. The molecule has 9 heteroatoms. The summed E-state index contributed by atoms with van der Waals surface area (Å²) >= 11 is 0. The van der Waals surface area contributed by atoms with Crippen LogP contribution in [0, 0.1) is 5.92 Å². The lowest BCUT2D eigenvalue weighted by Crippen LogP contribution is -2.39. The third kappa shape index (κ3) is 5.43. The zero-order valence-corrected chi connectivity index (χ0v) is 15.9. The van der Waals surface area contributed by atoms with Gasteiger partial charge in [0.15, 0.2) is 0 Å². The number of carbonyl (C=O) groups excluding carboxylic acids is 2. The van der Waals surface area contributed by atoms with Gasteiger partial charge in [-0.2, -0.15) is 5.10 Å². The predicted octanol–water partition coefficient (Wildman–Crippen LogP) is 0.927. The van der Waals surface area contributed by atoms with Crippen LogP contribution in [-0.2, 0) is 20.9 Å². The van der Waals surface area contributed by atoms with Crippen LogP contribution in [0.1, 0.15) is 32.1 Å². The molecule has 0 radical (unpaired) electrons. The lowest BCUT2D eigenvalue weighted by atomic mass is 9.85. The highest BCUT2D eigenvalue weighted by molar-refractivity contribution is 5.94. The van der Waals surface area contributed by atoms with Crippen LogP contribution in [-0.4, -0.2) is 53.9 Å². The van der Waals surface area contributed by atoms with E-state index < -0.39 is 0 Å². The van der Waals surface area contributed by atoms with Gasteiger partial charge in [-0.3, -0.25) is 14.3 Å². The van der Waals surface area contributed by atoms with Crippen LogP contribution in [0.3, 0.4) is 0 Å². The molecule has 2 aliphatic rings. The van der Waals surface area contributed by atoms with Crippen LogP contribution < -0.4 is 16.0 Å². The number of anilines is 1. The number of nitrogens with zero attached hydrogens (tertiary/aromatic N) is 2. The molecule has 0 spiro atoms. The van der Waals surface area contributed by atoms with Crippen molar-refractivity contribution in [2.75, 3.05) is 25.6 Å². The Hall–Kier alpha value is -1.64. The zero-order valence-electron chi connectivity index (χ0n) is 15.1. The summed E-state index contributed by atoms with van der Waals surface area (Å²) in [5, 5.41) is 13.2. The maximum Gasteiger partial charge on any atom is 0.241 e. The van der Waals surface area contributed by atoms with Crippen molar-refractivity contribution >= 4 is 29.9 Å². The van der Waals surface area contributed by atoms with Crippen LogP contribution in [0.15, 0.2) is 12.4 Å². The predicted molar refractivity (Wildman–Crippen MR) is 100 cm³/mol. The molecule has 3 atom stereocenters. The van der Waals surface area contributed by atoms with Crippen LogP contribution >= 0.6 is 12.4 Å². The first kappa shape index (κ1) is 20.7. The Labute approximate surface area is 159 Å². The summed E-state index contributed by atoms with van der Waals surface area (Å²) in [6, 6.07) is 0.358. The zero-order chi connectivity index (χ0) is 17.6. The average molecular weight is 386 g/mol. The first-order valence-corrected chi connectivity index (χ1v) is 9.00. The second-order valence-electron chi connectivity index (χ2n) is 6.86. The largest absolute Gasteiger partial charge is 0.383 e. The lowest BCUT2D eigenvalue weighted by Gasteiger charge is -2.24. The Bertz CT molecular complexity index is 595. The molecular formula is C17H28ClN5O3. The molecule has 1 aliphatic carbocycles. The second kappa shape index (κ2) is 9.89. The fraction of sp³-hybridized carbons (Fsp3) is 0.706. The first-order valence-electron chi connectivity index (χ1n) is 9.00. The summed E-state index contributed by atoms with van der Waals surface area (Å²) in [5.74, 6) is 0.473. The van der Waals surface area contributed by atoms with E-state index in [9.17, 15) is 9.59 Å². The summed E-state index contributed by atoms with van der Waals surface area (Å²) in [4.78, 5) is 24.2. The molecule has 1 saturated heterocycles. The molecular weight excluding hydrogens is 358 g/mol. The number of aromatic nitrogens is 2. The van der Waals surface area contributed by atoms with Gasteiger partial charge in [-0.05, 0) is 25.2 Å². The van der Waals surface area contributed by atoms with Gasteiger partial charge in [-0.15, -0.1) is 12.4 Å². The van der Waals surface area contributed by atoms with E-state index in [2.05, 4.69) is 21.0 Å². The van der Waals surface area contributed by atoms with Gasteiger partial charge in [0, 0.05) is 25.9 Å². The van der Waals surface area contributed by atoms with Crippen molar-refractivity contribution in [3.8, 4) is 0 Å². The van der Waals surface area contributed by atoms with Crippen LogP contribution in [0.4, 0.5) is 5.69 Å². The number of methoxy groups -OCH3 is 1. The Morgan fingerprint density at radius 3 is 2.96 bits per heavy atom. The molecule has 3 unspecified atom stereocenters. The van der Waals surface area contributed by atoms with Gasteiger partial charge < -0.3 is 20.7 Å². The van der Waals surface area contributed by atoms with Gasteiger partial charge in [0.1, 0.15) is 6.54 Å². The van der Waals surface area contributed by atoms with E-state index in [1.807, 2.05) is 0 Å². The Morgan fingerprint density at radius 2 is 2.19 bits per heavy atom. The van der Waals surface area contributed by atoms with E-state index in [-0.39, 0.29) is 36.8 Å². The molecule has 8 nitrogen and oxygen atoms in total. The van der Waals surface area contributed by atoms with Gasteiger partial charge in [0.25, 0.3) is 0 Å². The summed E-state index contributed by atoms with van der Waals surface area (Å²) < 4.78 is 6.40. The number of hydrogen-bond donors (Lipinski definition) is 3. The van der Waals surface area contributed by atoms with E-state index in [1.165, 1.54) is 30.4 Å². The quantitative estimate of drug-likeness (QED) is 0.606. The molecule has 26 heavy (non-hydrogen) atoms. The van der Waals surface area contributed by atoms with E-state index in [0.717, 1.165) is 6.42 Å². The third-order valence-electron chi connectivity index (χ3n) is 5.01. The number of ether oxygens (including phenoxy) is 1. The van der Waals surface area contributed by atoms with Gasteiger partial charge in [0.05, 0.1) is 24.5 Å². The van der Waals surface area contributed by atoms with Crippen molar-refractivity contribution in [3.05, 3.63) is 12.4 Å². The molecule has 3 rings (SSSR count). The molecule has 1 saturated carbocycles. The highest BCUT2D eigenvalue weighted by Crippen LogP contribution is 2.33. The average Bonchev–Trinajstić information content (AvgIpc) is 3.21. The van der Waals surface area contributed by atoms with Gasteiger partial charge >= 0.3 is 0 Å². The lowest BCUT2D eigenvalue weighted by molar-refractivity contribution is -0.122. The molecule has 2 heterocycles. The molecule has 1 aliphatic heterocycles. The van der Waals surface area contributed by atoms with Crippen molar-refractivity contribution in [3.63, 3.8) is 0 Å². The van der Waals surface area contributed by atoms with Crippen molar-refractivity contribution in [2.24, 2.45) is 5.92 Å². The second-order valence-corrected chi connectivity index (χ2v) is 6.86. The van der Waals surface area contributed by atoms with Crippen LogP contribution in [0.5, 0.6) is 0 Å². The fourth-order valence-electron chi connectivity index (χ4n) is 3.76. The minimum Gasteiger partial charge on any atom is -0.383 e. The molecule has 0 aromatic carbocycles. The molecule has 2 amide bonds. The summed E-state index contributed by atoms with van der Waals surface area (Å²) in [5.41, 5.74) is 0.617. The molecule has 1 aromatic heterocycles. The summed E-state index contributed by atoms with van der Waals surface area (Å²) in [6.07, 6.45) is 9.07. The van der Waals surface area contributed by atoms with Crippen molar-refractivity contribution < 1.29 is 14.3 Å². The molecule has 0 bridgehead atoms. The smallest absolute Gasteiger partial charge is 0.241 e. The molecule has 1 aromatic rings. The van der Waals surface area contributed by atoms with Crippen LogP contribution in [0.2, 0.25) is 0 Å². The standard InChI is InChI=1S/C17H27N5O3.ClH/c1-25-7-6-18-16(23)11-22-10-13(9-19-22)20-17(24)15-8-12-4-2-3-5-14(12)21-15;/h9-10,12,14-15,21H,2-8,11H2,1H3,(H,18,23)(H,20,24);1H. The normalized spacial score (nSPS) is 24.4. The highest BCUT2D eigenvalue weighted by Gasteiger charge is 2.38. The minimum absolute atomic E-state index is 0. The maximum atomic E-state index is 12.5. The van der Waals surface area contributed by atoms with E-state index in [1.54, 1.807) is 19.5 Å². The van der Waals surface area contributed by atoms with Crippen LogP contribution in [0.25, 0.3) is 0 Å². The van der Waals surface area contributed by atoms with E-state index >= 15 is 0 Å². The number of rotatable bonds is 7. The Balaban J connectivity index is 0.00000243. The number of carbonyl (C=O) groups is 2. The third-order valence-corrected chi connectivity index (χ3v) is 5.01. The molecule has 146 valence electrons. The number of hydrogen-bond acceptors (Lipinski definition) is 5. The highest BCUT2D eigenvalue weighted by atomic mass is 35.5. The number of amides is 2. The summed E-state index contributed by atoms with van der Waals surface area (Å²) in [6.45, 7) is 1.06. The minimum atomic E-state index is -0.139. The van der Waals surface area contributed by atoms with Gasteiger partial charge in [0.2, 0.25) is 11.8 Å². The SMILES string of the molecule is COCCNC(=O)Cn1cc(NC(=O)C2CC3CCCCC3N2)cn1.Cl. The Morgan fingerprint density at radius 1 is 1.38 bits per heavy atom. The van der Waals surface area contributed by atoms with E-state index in [4.69, 9.17) is 4.74 Å². The maximum absolute atomic E-state index is 12.5. The van der Waals surface area contributed by atoms with Crippen molar-refractivity contribution in [2.45, 2.75) is 50.7 Å². The topological polar surface area (TPSA) is 97.3 Å². The molecule has 3 N–H and O–H groups in total. The Kier molecular flexibility index (Phi) is 7.86. The van der Waals surface area contributed by atoms with Gasteiger partial charge in [-0.1, -0.05) is 12.8 Å². The first-order chi connectivity index (χ1) is 12.2. The van der Waals surface area contributed by atoms with Crippen molar-refractivity contribution in [1.82, 2.24) is 20.4 Å². The molecule has 2 fully saturated rings. The van der Waals surface area contributed by atoms with Gasteiger partial charge in [-0.25, -0.2) is 0 Å². The number of halogens is 1. The number of fused-ring (bicyclic) bond motifs is 1. The number of nitrogens with one attached hydrogen (secondary N) is 3. The van der Waals surface area contributed by atoms with E-state index in [0.29, 0.717) is 30.8 Å².